The van der Waals surface area contributed by atoms with Gasteiger partial charge in [-0.25, -0.2) is 4.79 Å². The predicted octanol–water partition coefficient (Wildman–Crippen LogP) is 2.92. The number of aryl methyl sites for hydroxylation is 1. The zero-order chi connectivity index (χ0) is 17.6. The van der Waals surface area contributed by atoms with Crippen molar-refractivity contribution < 1.29 is 14.6 Å². The smallest absolute Gasteiger partial charge is 0.345 e. The maximum atomic E-state index is 11.3. The molecule has 2 aliphatic heterocycles. The van der Waals surface area contributed by atoms with Crippen molar-refractivity contribution in [2.45, 2.75) is 38.7 Å². The number of piperidine rings is 1. The van der Waals surface area contributed by atoms with Crippen LogP contribution in [0.4, 0.5) is 5.82 Å². The molecule has 4 rings (SSSR count). The van der Waals surface area contributed by atoms with Crippen LogP contribution in [0.25, 0.3) is 0 Å². The predicted molar refractivity (Wildman–Crippen MR) is 95.6 cm³/mol. The van der Waals surface area contributed by atoms with E-state index in [4.69, 9.17) is 4.74 Å². The number of carbonyl (C=O) groups is 1. The first-order valence-electron chi connectivity index (χ1n) is 8.54. The Kier molecular flexibility index (Phi) is 4.00. The fraction of sp³-hybridized carbons (Fsp3) is 0.500. The third kappa shape index (κ3) is 2.71. The van der Waals surface area contributed by atoms with Gasteiger partial charge in [-0.3, -0.25) is 0 Å². The van der Waals surface area contributed by atoms with E-state index in [2.05, 4.69) is 22.0 Å². The summed E-state index contributed by atoms with van der Waals surface area (Å²) >= 11 is 1.40. The first-order valence-corrected chi connectivity index (χ1v) is 9.36. The second-order valence-electron chi connectivity index (χ2n) is 6.81. The summed E-state index contributed by atoms with van der Waals surface area (Å²) < 4.78 is 6.22. The van der Waals surface area contributed by atoms with Gasteiger partial charge in [-0.1, -0.05) is 0 Å². The van der Waals surface area contributed by atoms with Gasteiger partial charge in [0.1, 0.15) is 4.88 Å². The molecule has 0 saturated carbocycles. The maximum Gasteiger partial charge on any atom is 0.345 e. The third-order valence-electron chi connectivity index (χ3n) is 5.42. The number of aromatic carboxylic acids is 1. The summed E-state index contributed by atoms with van der Waals surface area (Å²) in [5.41, 5.74) is 3.05. The Balaban J connectivity index is 1.60. The minimum Gasteiger partial charge on any atom is -0.477 e. The Morgan fingerprint density at radius 3 is 2.84 bits per heavy atom. The summed E-state index contributed by atoms with van der Waals surface area (Å²) in [6, 6.07) is 1.83. The number of ether oxygens (including phenoxy) is 1. The number of hydrogen-bond acceptors (Lipinski definition) is 6. The molecule has 1 fully saturated rings. The SMILES string of the molecule is Cc1cnnc(N2CCC3(CC2)OCCc2sc(C(=O)O)cc23)c1C. The molecule has 6 nitrogen and oxygen atoms in total. The third-order valence-corrected chi connectivity index (χ3v) is 6.60. The number of carboxylic acid groups (broad SMARTS) is 1. The van der Waals surface area contributed by atoms with Crippen LogP contribution >= 0.6 is 11.3 Å². The zero-order valence-electron chi connectivity index (χ0n) is 14.4. The highest BCUT2D eigenvalue weighted by Gasteiger charge is 2.42. The minimum atomic E-state index is -0.849. The molecular formula is C18H21N3O3S. The number of hydrogen-bond donors (Lipinski definition) is 1. The average molecular weight is 359 g/mol. The molecule has 0 aliphatic carbocycles. The molecule has 4 heterocycles. The monoisotopic (exact) mass is 359 g/mol. The first-order chi connectivity index (χ1) is 12.0. The minimum absolute atomic E-state index is 0.348. The van der Waals surface area contributed by atoms with E-state index in [0.29, 0.717) is 11.5 Å². The Morgan fingerprint density at radius 2 is 2.12 bits per heavy atom. The van der Waals surface area contributed by atoms with Crippen molar-refractivity contribution in [1.29, 1.82) is 0 Å². The Labute approximate surface area is 150 Å². The lowest BCUT2D eigenvalue weighted by molar-refractivity contribution is -0.0757. The molecule has 2 aromatic heterocycles. The van der Waals surface area contributed by atoms with Gasteiger partial charge in [-0.05, 0) is 49.4 Å². The van der Waals surface area contributed by atoms with Crippen LogP contribution < -0.4 is 4.90 Å². The van der Waals surface area contributed by atoms with E-state index < -0.39 is 5.97 Å². The molecule has 0 aromatic carbocycles. The molecule has 1 saturated heterocycles. The summed E-state index contributed by atoms with van der Waals surface area (Å²) in [7, 11) is 0. The molecule has 132 valence electrons. The quantitative estimate of drug-likeness (QED) is 0.888. The van der Waals surface area contributed by atoms with Gasteiger partial charge < -0.3 is 14.7 Å². The van der Waals surface area contributed by atoms with Gasteiger partial charge in [0, 0.05) is 24.4 Å². The molecule has 1 N–H and O–H groups in total. The van der Waals surface area contributed by atoms with Crippen LogP contribution in [0.5, 0.6) is 0 Å². The number of aromatic nitrogens is 2. The number of thiophene rings is 1. The molecule has 0 bridgehead atoms. The van der Waals surface area contributed by atoms with Gasteiger partial charge in [-0.15, -0.1) is 16.4 Å². The highest BCUT2D eigenvalue weighted by atomic mass is 32.1. The van der Waals surface area contributed by atoms with Crippen LogP contribution in [0.15, 0.2) is 12.3 Å². The van der Waals surface area contributed by atoms with Crippen molar-refractivity contribution in [3.8, 4) is 0 Å². The van der Waals surface area contributed by atoms with E-state index in [1.807, 2.05) is 13.0 Å². The van der Waals surface area contributed by atoms with E-state index in [9.17, 15) is 9.90 Å². The topological polar surface area (TPSA) is 75.5 Å². The van der Waals surface area contributed by atoms with E-state index >= 15 is 0 Å². The second kappa shape index (κ2) is 6.07. The lowest BCUT2D eigenvalue weighted by Gasteiger charge is -2.44. The molecule has 0 amide bonds. The first kappa shape index (κ1) is 16.5. The lowest BCUT2D eigenvalue weighted by Crippen LogP contribution is -2.46. The second-order valence-corrected chi connectivity index (χ2v) is 7.95. The van der Waals surface area contributed by atoms with E-state index in [1.165, 1.54) is 21.8 Å². The van der Waals surface area contributed by atoms with Crippen molar-refractivity contribution in [3.05, 3.63) is 38.7 Å². The van der Waals surface area contributed by atoms with Crippen molar-refractivity contribution in [2.24, 2.45) is 0 Å². The van der Waals surface area contributed by atoms with E-state index in [0.717, 1.165) is 49.3 Å². The molecule has 7 heteroatoms. The van der Waals surface area contributed by atoms with Crippen molar-refractivity contribution in [3.63, 3.8) is 0 Å². The number of fused-ring (bicyclic) bond motifs is 2. The van der Waals surface area contributed by atoms with Gasteiger partial charge in [0.15, 0.2) is 5.82 Å². The zero-order valence-corrected chi connectivity index (χ0v) is 15.2. The van der Waals surface area contributed by atoms with E-state index in [1.54, 1.807) is 6.20 Å². The summed E-state index contributed by atoms with van der Waals surface area (Å²) in [4.78, 5) is 15.2. The Hall–Kier alpha value is -1.99. The fourth-order valence-electron chi connectivity index (χ4n) is 3.83. The normalized spacial score (nSPS) is 19.0. The van der Waals surface area contributed by atoms with Gasteiger partial charge in [0.2, 0.25) is 0 Å². The summed E-state index contributed by atoms with van der Waals surface area (Å²) in [6.07, 6.45) is 4.27. The number of carboxylic acids is 1. The van der Waals surface area contributed by atoms with Crippen LogP contribution in [0.3, 0.4) is 0 Å². The van der Waals surface area contributed by atoms with Crippen LogP contribution in [-0.2, 0) is 16.8 Å². The van der Waals surface area contributed by atoms with Gasteiger partial charge in [0.25, 0.3) is 0 Å². The van der Waals surface area contributed by atoms with Crippen molar-refractivity contribution in [1.82, 2.24) is 10.2 Å². The summed E-state index contributed by atoms with van der Waals surface area (Å²) in [5, 5.41) is 17.7. The molecule has 1 spiro atoms. The highest BCUT2D eigenvalue weighted by Crippen LogP contribution is 2.45. The molecule has 25 heavy (non-hydrogen) atoms. The molecular weight excluding hydrogens is 338 g/mol. The van der Waals surface area contributed by atoms with Crippen LogP contribution in [0, 0.1) is 13.8 Å². The van der Waals surface area contributed by atoms with Crippen molar-refractivity contribution >= 4 is 23.1 Å². The van der Waals surface area contributed by atoms with Gasteiger partial charge in [-0.2, -0.15) is 5.10 Å². The lowest BCUT2D eigenvalue weighted by atomic mass is 9.82. The Morgan fingerprint density at radius 1 is 1.36 bits per heavy atom. The highest BCUT2D eigenvalue weighted by molar-refractivity contribution is 7.14. The van der Waals surface area contributed by atoms with Gasteiger partial charge >= 0.3 is 5.97 Å². The molecule has 0 unspecified atom stereocenters. The molecule has 2 aliphatic rings. The van der Waals surface area contributed by atoms with Crippen LogP contribution in [-0.4, -0.2) is 41.0 Å². The van der Waals surface area contributed by atoms with Crippen LogP contribution in [0.2, 0.25) is 0 Å². The largest absolute Gasteiger partial charge is 0.477 e. The average Bonchev–Trinajstić information content (AvgIpc) is 3.05. The standard InChI is InChI=1S/C18H21N3O3S/c1-11-10-19-20-16(12(11)2)21-6-4-18(5-7-21)13-9-15(17(22)23)25-14(13)3-8-24-18/h9-10H,3-8H2,1-2H3,(H,22,23). The van der Waals surface area contributed by atoms with Gasteiger partial charge in [0.05, 0.1) is 18.4 Å². The maximum absolute atomic E-state index is 11.3. The summed E-state index contributed by atoms with van der Waals surface area (Å²) in [5.74, 6) is 0.0973. The summed E-state index contributed by atoms with van der Waals surface area (Å²) in [6.45, 7) is 6.45. The van der Waals surface area contributed by atoms with Crippen LogP contribution in [0.1, 0.15) is 44.1 Å². The fourth-order valence-corrected chi connectivity index (χ4v) is 4.90. The number of anilines is 1. The van der Waals surface area contributed by atoms with Crippen molar-refractivity contribution in [2.75, 3.05) is 24.6 Å². The number of rotatable bonds is 2. The van der Waals surface area contributed by atoms with E-state index in [-0.39, 0.29) is 5.60 Å². The molecule has 0 radical (unpaired) electrons. The molecule has 0 atom stereocenters. The number of nitrogens with zero attached hydrogens (tertiary/aromatic N) is 3. The molecule has 2 aromatic rings. The Bertz CT molecular complexity index is 825.